The summed E-state index contributed by atoms with van der Waals surface area (Å²) in [7, 11) is 0. The molecule has 2 saturated heterocycles. The van der Waals surface area contributed by atoms with Crippen molar-refractivity contribution in [2.24, 2.45) is 5.92 Å². The number of halogens is 1. The van der Waals surface area contributed by atoms with Crippen LogP contribution in [0.1, 0.15) is 34.5 Å². The van der Waals surface area contributed by atoms with Gasteiger partial charge in [0.25, 0.3) is 11.5 Å². The highest BCUT2D eigenvalue weighted by Gasteiger charge is 2.43. The quantitative estimate of drug-likeness (QED) is 0.631. The van der Waals surface area contributed by atoms with Gasteiger partial charge in [0.1, 0.15) is 5.82 Å². The van der Waals surface area contributed by atoms with Crippen molar-refractivity contribution in [2.75, 3.05) is 32.8 Å². The van der Waals surface area contributed by atoms with Crippen LogP contribution in [0.5, 0.6) is 0 Å². The second-order valence-electron chi connectivity index (χ2n) is 9.66. The lowest BCUT2D eigenvalue weighted by Gasteiger charge is -2.36. The Balaban J connectivity index is 1.23. The van der Waals surface area contributed by atoms with E-state index in [1.54, 1.807) is 29.2 Å². The third-order valence-corrected chi connectivity index (χ3v) is 7.30. The minimum absolute atomic E-state index is 0.0144. The molecule has 3 heterocycles. The number of nitrogens with zero attached hydrogens (tertiary/aromatic N) is 3. The topological polar surface area (TPSA) is 78.5 Å². The molecule has 2 aliphatic heterocycles. The number of nitrogens with one attached hydrogen (secondary N) is 1. The van der Waals surface area contributed by atoms with Crippen molar-refractivity contribution in [3.05, 3.63) is 75.5 Å². The fraction of sp³-hybridized carbons (Fsp3) is 0.423. The summed E-state index contributed by atoms with van der Waals surface area (Å²) in [4.78, 5) is 29.6. The molecule has 2 aromatic carbocycles. The van der Waals surface area contributed by atoms with Crippen LogP contribution in [0.4, 0.5) is 4.39 Å². The lowest BCUT2D eigenvalue weighted by molar-refractivity contribution is -0.0484. The van der Waals surface area contributed by atoms with Gasteiger partial charge in [-0.1, -0.05) is 24.3 Å². The van der Waals surface area contributed by atoms with Crippen molar-refractivity contribution in [1.82, 2.24) is 20.0 Å². The van der Waals surface area contributed by atoms with Crippen LogP contribution >= 0.6 is 0 Å². The highest BCUT2D eigenvalue weighted by Crippen LogP contribution is 2.33. The molecule has 0 radical (unpaired) electrons. The van der Waals surface area contributed by atoms with Gasteiger partial charge in [-0.25, -0.2) is 9.49 Å². The van der Waals surface area contributed by atoms with Crippen LogP contribution in [0.3, 0.4) is 0 Å². The predicted molar refractivity (Wildman–Crippen MR) is 125 cm³/mol. The first kappa shape index (κ1) is 21.4. The molecule has 1 saturated carbocycles. The number of carbonyl (C=O) groups is 1. The van der Waals surface area contributed by atoms with Crippen molar-refractivity contribution in [2.45, 2.75) is 31.4 Å². The molecule has 0 bridgehead atoms. The number of rotatable bonds is 5. The number of aromatic amines is 1. The standard InChI is InChI=1S/C26H27FN4O3/c27-21-8-7-17(12-22-18-3-1-2-4-19(18)25(32)29-28-22)11-20(21)26(33)31-14-23-24(15-31)34-10-9-30(23)13-16-5-6-16/h1-4,7-8,11,16,23-24H,5-6,9-10,12-15H2,(H,29,32). The maximum atomic E-state index is 14.8. The fourth-order valence-electron chi connectivity index (χ4n) is 5.30. The largest absolute Gasteiger partial charge is 0.373 e. The van der Waals surface area contributed by atoms with Crippen LogP contribution in [0.2, 0.25) is 0 Å². The summed E-state index contributed by atoms with van der Waals surface area (Å²) in [6.07, 6.45) is 2.94. The summed E-state index contributed by atoms with van der Waals surface area (Å²) in [6, 6.07) is 12.1. The zero-order chi connectivity index (χ0) is 23.2. The first-order valence-corrected chi connectivity index (χ1v) is 12.0. The van der Waals surface area contributed by atoms with Crippen molar-refractivity contribution in [3.8, 4) is 0 Å². The number of hydrogen-bond donors (Lipinski definition) is 1. The van der Waals surface area contributed by atoms with Gasteiger partial charge in [-0.05, 0) is 42.5 Å². The average Bonchev–Trinajstić information content (AvgIpc) is 3.56. The third-order valence-electron chi connectivity index (χ3n) is 7.30. The van der Waals surface area contributed by atoms with E-state index < -0.39 is 5.82 Å². The molecule has 8 heteroatoms. The van der Waals surface area contributed by atoms with E-state index in [0.29, 0.717) is 37.2 Å². The Hall–Kier alpha value is -3.10. The monoisotopic (exact) mass is 462 g/mol. The van der Waals surface area contributed by atoms with Gasteiger partial charge in [0.2, 0.25) is 0 Å². The molecule has 2 unspecified atom stereocenters. The van der Waals surface area contributed by atoms with Crippen LogP contribution in [0, 0.1) is 11.7 Å². The minimum Gasteiger partial charge on any atom is -0.373 e. The van der Waals surface area contributed by atoms with E-state index >= 15 is 0 Å². The zero-order valence-electron chi connectivity index (χ0n) is 18.9. The Morgan fingerprint density at radius 2 is 1.97 bits per heavy atom. The average molecular weight is 463 g/mol. The number of morpholine rings is 1. The van der Waals surface area contributed by atoms with E-state index in [0.717, 1.165) is 30.0 Å². The van der Waals surface area contributed by atoms with Crippen LogP contribution in [-0.2, 0) is 11.2 Å². The van der Waals surface area contributed by atoms with Gasteiger partial charge in [0.05, 0.1) is 35.4 Å². The van der Waals surface area contributed by atoms with Crippen LogP contribution in [0.25, 0.3) is 10.8 Å². The second-order valence-corrected chi connectivity index (χ2v) is 9.66. The van der Waals surface area contributed by atoms with Crippen molar-refractivity contribution >= 4 is 16.7 Å². The van der Waals surface area contributed by atoms with Gasteiger partial charge in [0.15, 0.2) is 0 Å². The maximum absolute atomic E-state index is 14.8. The zero-order valence-corrected chi connectivity index (χ0v) is 18.9. The highest BCUT2D eigenvalue weighted by atomic mass is 19.1. The summed E-state index contributed by atoms with van der Waals surface area (Å²) in [5.74, 6) is -0.0584. The van der Waals surface area contributed by atoms with Gasteiger partial charge in [-0.3, -0.25) is 14.5 Å². The molecular formula is C26H27FN4O3. The molecule has 3 fully saturated rings. The molecule has 6 rings (SSSR count). The predicted octanol–water partition coefficient (Wildman–Crippen LogP) is 2.59. The summed E-state index contributed by atoms with van der Waals surface area (Å²) in [5.41, 5.74) is 1.26. The van der Waals surface area contributed by atoms with Gasteiger partial charge < -0.3 is 9.64 Å². The van der Waals surface area contributed by atoms with E-state index in [2.05, 4.69) is 15.1 Å². The van der Waals surface area contributed by atoms with E-state index in [1.165, 1.54) is 18.9 Å². The summed E-state index contributed by atoms with van der Waals surface area (Å²) in [6.45, 7) is 3.69. The third kappa shape index (κ3) is 4.01. The molecular weight excluding hydrogens is 435 g/mol. The molecule has 1 aliphatic carbocycles. The van der Waals surface area contributed by atoms with Crippen molar-refractivity contribution in [1.29, 1.82) is 0 Å². The van der Waals surface area contributed by atoms with Gasteiger partial charge >= 0.3 is 0 Å². The summed E-state index contributed by atoms with van der Waals surface area (Å²) < 4.78 is 20.8. The molecule has 1 N–H and O–H groups in total. The number of carbonyl (C=O) groups excluding carboxylic acids is 1. The van der Waals surface area contributed by atoms with Gasteiger partial charge in [-0.2, -0.15) is 5.10 Å². The SMILES string of the molecule is O=C(c1cc(Cc2n[nH]c(=O)c3ccccc23)ccc1F)N1CC2OCCN(CC3CC3)C2C1. The molecule has 176 valence electrons. The minimum atomic E-state index is -0.529. The highest BCUT2D eigenvalue weighted by molar-refractivity contribution is 5.95. The lowest BCUT2D eigenvalue weighted by Crippen LogP contribution is -2.51. The number of likely N-dealkylation sites (tertiary alicyclic amines) is 1. The number of hydrogen-bond acceptors (Lipinski definition) is 5. The number of ether oxygens (including phenoxy) is 1. The van der Waals surface area contributed by atoms with E-state index in [1.807, 2.05) is 12.1 Å². The smallest absolute Gasteiger partial charge is 0.272 e. The van der Waals surface area contributed by atoms with Gasteiger partial charge in [0, 0.05) is 38.0 Å². The Bertz CT molecular complexity index is 1300. The molecule has 1 aromatic heterocycles. The van der Waals surface area contributed by atoms with Crippen molar-refractivity contribution in [3.63, 3.8) is 0 Å². The summed E-state index contributed by atoms with van der Waals surface area (Å²) in [5, 5.41) is 8.05. The van der Waals surface area contributed by atoms with E-state index in [9.17, 15) is 14.0 Å². The normalized spacial score (nSPS) is 22.8. The first-order valence-electron chi connectivity index (χ1n) is 12.0. The molecule has 0 spiro atoms. The number of H-pyrrole nitrogens is 1. The summed E-state index contributed by atoms with van der Waals surface area (Å²) >= 11 is 0. The van der Waals surface area contributed by atoms with Crippen molar-refractivity contribution < 1.29 is 13.9 Å². The Kier molecular flexibility index (Phi) is 5.42. The number of amides is 1. The maximum Gasteiger partial charge on any atom is 0.272 e. The Morgan fingerprint density at radius 1 is 1.15 bits per heavy atom. The second kappa shape index (κ2) is 8.60. The molecule has 1 amide bonds. The van der Waals surface area contributed by atoms with Crippen LogP contribution < -0.4 is 5.56 Å². The fourth-order valence-corrected chi connectivity index (χ4v) is 5.30. The molecule has 3 aromatic rings. The Labute approximate surface area is 196 Å². The number of fused-ring (bicyclic) bond motifs is 2. The van der Waals surface area contributed by atoms with Crippen LogP contribution in [0.15, 0.2) is 47.3 Å². The molecule has 34 heavy (non-hydrogen) atoms. The molecule has 3 aliphatic rings. The van der Waals surface area contributed by atoms with Crippen LogP contribution in [-0.4, -0.2) is 70.8 Å². The first-order chi connectivity index (χ1) is 16.6. The lowest BCUT2D eigenvalue weighted by atomic mass is 10.0. The number of aromatic nitrogens is 2. The molecule has 2 atom stereocenters. The van der Waals surface area contributed by atoms with E-state index in [4.69, 9.17) is 4.74 Å². The Morgan fingerprint density at radius 3 is 2.79 bits per heavy atom. The number of benzene rings is 2. The van der Waals surface area contributed by atoms with E-state index in [-0.39, 0.29) is 29.2 Å². The molecule has 7 nitrogen and oxygen atoms in total. The van der Waals surface area contributed by atoms with Gasteiger partial charge in [-0.15, -0.1) is 0 Å².